The molecule has 3 heterocycles. The number of anilines is 1. The lowest BCUT2D eigenvalue weighted by Crippen LogP contribution is -2.30. The van der Waals surface area contributed by atoms with Crippen molar-refractivity contribution in [3.8, 4) is 0 Å². The number of hydrogen-bond donors (Lipinski definition) is 0. The van der Waals surface area contributed by atoms with E-state index < -0.39 is 21.9 Å². The summed E-state index contributed by atoms with van der Waals surface area (Å²) in [6, 6.07) is 11.8. The molecule has 0 radical (unpaired) electrons. The number of imidazole rings is 1. The van der Waals surface area contributed by atoms with E-state index in [1.807, 2.05) is 28.8 Å². The van der Waals surface area contributed by atoms with E-state index in [0.717, 1.165) is 5.65 Å². The van der Waals surface area contributed by atoms with Crippen LogP contribution in [0, 0.1) is 5.92 Å². The summed E-state index contributed by atoms with van der Waals surface area (Å²) in [6.07, 6.45) is 3.70. The number of esters is 1. The molecule has 1 aromatic carbocycles. The van der Waals surface area contributed by atoms with Gasteiger partial charge in [-0.15, -0.1) is 0 Å². The van der Waals surface area contributed by atoms with Crippen molar-refractivity contribution in [1.29, 1.82) is 0 Å². The molecule has 1 aliphatic rings. The lowest BCUT2D eigenvalue weighted by molar-refractivity contribution is -0.149. The number of carbonyl (C=O) groups is 2. The molecule has 9 nitrogen and oxygen atoms in total. The van der Waals surface area contributed by atoms with Crippen LogP contribution in [0.4, 0.5) is 5.69 Å². The third-order valence-corrected chi connectivity index (χ3v) is 7.79. The Hall–Kier alpha value is -3.24. The van der Waals surface area contributed by atoms with Crippen LogP contribution in [0.2, 0.25) is 0 Å². The Morgan fingerprint density at radius 2 is 1.88 bits per heavy atom. The molecule has 1 saturated heterocycles. The van der Waals surface area contributed by atoms with Crippen molar-refractivity contribution in [1.82, 2.24) is 13.7 Å². The molecule has 0 saturated carbocycles. The average molecular weight is 471 g/mol. The summed E-state index contributed by atoms with van der Waals surface area (Å²) < 4.78 is 33.9. The van der Waals surface area contributed by atoms with E-state index in [-0.39, 0.29) is 30.4 Å². The van der Waals surface area contributed by atoms with Crippen LogP contribution in [-0.2, 0) is 31.0 Å². The second-order valence-corrected chi connectivity index (χ2v) is 9.73. The minimum Gasteiger partial charge on any atom is -0.459 e. The number of fused-ring (bicyclic) bond motifs is 1. The van der Waals surface area contributed by atoms with Crippen molar-refractivity contribution < 1.29 is 22.7 Å². The van der Waals surface area contributed by atoms with E-state index in [2.05, 4.69) is 4.98 Å². The molecule has 174 valence electrons. The number of aromatic nitrogens is 2. The zero-order valence-electron chi connectivity index (χ0n) is 18.5. The Labute approximate surface area is 192 Å². The molecular formula is C23H26N4O5S. The quantitative estimate of drug-likeness (QED) is 0.469. The maximum Gasteiger partial charge on any atom is 0.311 e. The number of pyridine rings is 1. The summed E-state index contributed by atoms with van der Waals surface area (Å²) in [6.45, 7) is 4.54. The zero-order chi connectivity index (χ0) is 23.6. The largest absolute Gasteiger partial charge is 0.459 e. The fourth-order valence-electron chi connectivity index (χ4n) is 3.95. The number of sulfonamides is 1. The average Bonchev–Trinajstić information content (AvgIpc) is 3.41. The van der Waals surface area contributed by atoms with Gasteiger partial charge in [0.15, 0.2) is 0 Å². The second-order valence-electron chi connectivity index (χ2n) is 7.79. The zero-order valence-corrected chi connectivity index (χ0v) is 19.4. The van der Waals surface area contributed by atoms with E-state index in [0.29, 0.717) is 24.5 Å². The number of amides is 1. The molecule has 2 aromatic heterocycles. The highest BCUT2D eigenvalue weighted by Crippen LogP contribution is 2.28. The Balaban J connectivity index is 1.39. The first-order valence-electron chi connectivity index (χ1n) is 10.8. The Kier molecular flexibility index (Phi) is 6.48. The van der Waals surface area contributed by atoms with Gasteiger partial charge in [-0.25, -0.2) is 13.4 Å². The first-order chi connectivity index (χ1) is 15.8. The monoisotopic (exact) mass is 470 g/mol. The Bertz CT molecular complexity index is 1230. The fraction of sp³-hybridized carbons (Fsp3) is 0.348. The van der Waals surface area contributed by atoms with Crippen LogP contribution >= 0.6 is 0 Å². The van der Waals surface area contributed by atoms with Crippen LogP contribution in [-0.4, -0.2) is 53.6 Å². The summed E-state index contributed by atoms with van der Waals surface area (Å²) in [5.41, 5.74) is 1.94. The minimum absolute atomic E-state index is 0.0309. The molecule has 3 aromatic rings. The molecular weight excluding hydrogens is 444 g/mol. The maximum absolute atomic E-state index is 12.7. The van der Waals surface area contributed by atoms with E-state index in [9.17, 15) is 18.0 Å². The van der Waals surface area contributed by atoms with Crippen LogP contribution in [0.1, 0.15) is 26.0 Å². The molecule has 1 atom stereocenters. The summed E-state index contributed by atoms with van der Waals surface area (Å²) in [5, 5.41) is 0. The lowest BCUT2D eigenvalue weighted by atomic mass is 10.1. The molecule has 1 unspecified atom stereocenters. The van der Waals surface area contributed by atoms with Crippen molar-refractivity contribution in [3.63, 3.8) is 0 Å². The smallest absolute Gasteiger partial charge is 0.311 e. The third kappa shape index (κ3) is 4.62. The van der Waals surface area contributed by atoms with Gasteiger partial charge in [0.2, 0.25) is 15.9 Å². The van der Waals surface area contributed by atoms with Gasteiger partial charge in [-0.2, -0.15) is 4.31 Å². The molecule has 0 spiro atoms. The molecule has 10 heteroatoms. The van der Waals surface area contributed by atoms with Crippen LogP contribution in [0.3, 0.4) is 0 Å². The van der Waals surface area contributed by atoms with Crippen molar-refractivity contribution in [3.05, 3.63) is 60.6 Å². The van der Waals surface area contributed by atoms with Crippen molar-refractivity contribution in [2.45, 2.75) is 31.8 Å². The number of carbonyl (C=O) groups excluding carboxylic acids is 2. The summed E-state index contributed by atoms with van der Waals surface area (Å²) in [4.78, 5) is 31.2. The highest BCUT2D eigenvalue weighted by molar-refractivity contribution is 7.89. The predicted molar refractivity (Wildman–Crippen MR) is 122 cm³/mol. The van der Waals surface area contributed by atoms with Crippen molar-refractivity contribution in [2.75, 3.05) is 24.5 Å². The molecule has 33 heavy (non-hydrogen) atoms. The highest BCUT2D eigenvalue weighted by atomic mass is 32.2. The van der Waals surface area contributed by atoms with Gasteiger partial charge in [0.1, 0.15) is 12.3 Å². The van der Waals surface area contributed by atoms with Gasteiger partial charge in [0, 0.05) is 44.1 Å². The van der Waals surface area contributed by atoms with E-state index >= 15 is 0 Å². The third-order valence-electron chi connectivity index (χ3n) is 5.73. The van der Waals surface area contributed by atoms with Crippen molar-refractivity contribution in [2.24, 2.45) is 5.92 Å². The van der Waals surface area contributed by atoms with Gasteiger partial charge in [-0.3, -0.25) is 9.59 Å². The van der Waals surface area contributed by atoms with Gasteiger partial charge >= 0.3 is 5.97 Å². The number of benzene rings is 1. The summed E-state index contributed by atoms with van der Waals surface area (Å²) in [5.74, 6) is -1.25. The first kappa shape index (κ1) is 22.9. The van der Waals surface area contributed by atoms with Crippen LogP contribution in [0.15, 0.2) is 59.8 Å². The molecule has 0 aliphatic carbocycles. The first-order valence-corrected chi connectivity index (χ1v) is 12.3. The Morgan fingerprint density at radius 1 is 1.15 bits per heavy atom. The minimum atomic E-state index is -3.57. The molecule has 1 fully saturated rings. The normalized spacial score (nSPS) is 16.6. The van der Waals surface area contributed by atoms with E-state index in [1.54, 1.807) is 32.2 Å². The van der Waals surface area contributed by atoms with Gasteiger partial charge in [0.25, 0.3) is 0 Å². The van der Waals surface area contributed by atoms with Gasteiger partial charge in [-0.1, -0.05) is 19.9 Å². The fourth-order valence-corrected chi connectivity index (χ4v) is 5.40. The SMILES string of the molecule is CCN(CC)S(=O)(=O)c1ccc(N2CC(C(=O)OCc3cn4ccccc4n3)CC2=O)cc1. The lowest BCUT2D eigenvalue weighted by Gasteiger charge is -2.20. The topological polar surface area (TPSA) is 101 Å². The highest BCUT2D eigenvalue weighted by Gasteiger charge is 2.36. The van der Waals surface area contributed by atoms with E-state index in [4.69, 9.17) is 4.74 Å². The molecule has 1 aliphatic heterocycles. The Morgan fingerprint density at radius 3 is 2.55 bits per heavy atom. The number of ether oxygens (including phenoxy) is 1. The number of rotatable bonds is 8. The number of hydrogen-bond acceptors (Lipinski definition) is 6. The van der Waals surface area contributed by atoms with Crippen LogP contribution in [0.25, 0.3) is 5.65 Å². The molecule has 0 N–H and O–H groups in total. The maximum atomic E-state index is 12.7. The molecule has 0 bridgehead atoms. The molecule has 1 amide bonds. The molecule has 4 rings (SSSR count). The summed E-state index contributed by atoms with van der Waals surface area (Å²) in [7, 11) is -3.57. The van der Waals surface area contributed by atoms with Crippen LogP contribution in [0.5, 0.6) is 0 Å². The van der Waals surface area contributed by atoms with Crippen molar-refractivity contribution >= 4 is 33.2 Å². The van der Waals surface area contributed by atoms with Gasteiger partial charge < -0.3 is 14.0 Å². The van der Waals surface area contributed by atoms with Gasteiger partial charge in [0.05, 0.1) is 16.5 Å². The standard InChI is InChI=1S/C23H26N4O5S/c1-3-26(4-2)33(30,31)20-10-8-19(9-11-20)27-14-17(13-22(27)28)23(29)32-16-18-15-25-12-6-5-7-21(25)24-18/h5-12,15,17H,3-4,13-14,16H2,1-2H3. The van der Waals surface area contributed by atoms with Crippen LogP contribution < -0.4 is 4.90 Å². The predicted octanol–water partition coefficient (Wildman–Crippen LogP) is 2.46. The van der Waals surface area contributed by atoms with Gasteiger partial charge in [-0.05, 0) is 36.4 Å². The summed E-state index contributed by atoms with van der Waals surface area (Å²) >= 11 is 0. The number of nitrogens with zero attached hydrogens (tertiary/aromatic N) is 4. The van der Waals surface area contributed by atoms with E-state index in [1.165, 1.54) is 21.3 Å². The second kappa shape index (κ2) is 9.32.